The van der Waals surface area contributed by atoms with Crippen molar-refractivity contribution < 1.29 is 4.74 Å². The molecule has 0 fully saturated rings. The first-order valence-electron chi connectivity index (χ1n) is 6.49. The summed E-state index contributed by atoms with van der Waals surface area (Å²) >= 11 is 3.52. The molecule has 2 N–H and O–H groups in total. The lowest BCUT2D eigenvalue weighted by Crippen LogP contribution is -2.17. The monoisotopic (exact) mass is 339 g/mol. The largest absolute Gasteiger partial charge is 0.399 e. The Morgan fingerprint density at radius 1 is 1.45 bits per heavy atom. The van der Waals surface area contributed by atoms with Crippen molar-refractivity contribution >= 4 is 21.6 Å². The fourth-order valence-electron chi connectivity index (χ4n) is 2.13. The summed E-state index contributed by atoms with van der Waals surface area (Å²) in [5, 5.41) is 12.0. The number of nitrogen functional groups attached to an aromatic ring is 1. The van der Waals surface area contributed by atoms with E-state index in [4.69, 9.17) is 10.5 Å². The van der Waals surface area contributed by atoms with Gasteiger partial charge in [0.1, 0.15) is 0 Å². The zero-order valence-corrected chi connectivity index (χ0v) is 13.2. The van der Waals surface area contributed by atoms with Crippen LogP contribution in [0.3, 0.4) is 0 Å². The molecule has 1 heterocycles. The number of ether oxygens (including phenoxy) is 1. The summed E-state index contributed by atoms with van der Waals surface area (Å²) in [6.45, 7) is 2.70. The summed E-state index contributed by atoms with van der Waals surface area (Å²) in [7, 11) is 1.68. The molecule has 0 radical (unpaired) electrons. The lowest BCUT2D eigenvalue weighted by Gasteiger charge is -2.17. The van der Waals surface area contributed by atoms with Gasteiger partial charge in [-0.05, 0) is 35.0 Å². The molecule has 0 aliphatic rings. The number of halogens is 1. The Hall–Kier alpha value is -1.47. The molecule has 1 aromatic carbocycles. The summed E-state index contributed by atoms with van der Waals surface area (Å²) in [6.07, 6.45) is 1.98. The van der Waals surface area contributed by atoms with E-state index in [1.54, 1.807) is 7.11 Å². The van der Waals surface area contributed by atoms with Gasteiger partial charge in [-0.3, -0.25) is 0 Å². The quantitative estimate of drug-likeness (QED) is 0.818. The van der Waals surface area contributed by atoms with Gasteiger partial charge in [0, 0.05) is 22.8 Å². The second-order valence-electron chi connectivity index (χ2n) is 4.58. The average Bonchev–Trinajstić information content (AvgIpc) is 2.90. The molecule has 2 aromatic rings. The number of rotatable bonds is 6. The molecule has 20 heavy (non-hydrogen) atoms. The number of hydrogen-bond donors (Lipinski definition) is 1. The predicted octanol–water partition coefficient (Wildman–Crippen LogP) is 2.67. The van der Waals surface area contributed by atoms with E-state index in [1.807, 2.05) is 22.9 Å². The standard InChI is InChI=1S/C13H18BrN5O/c1-3-4-10(8-20-2)19-13(16-17-18-19)11-7-9(15)5-6-12(11)14/h5-7,10H,3-4,8,15H2,1-2H3. The Labute approximate surface area is 126 Å². The molecule has 0 saturated heterocycles. The summed E-state index contributed by atoms with van der Waals surface area (Å²) < 4.78 is 8.00. The van der Waals surface area contributed by atoms with Crippen molar-refractivity contribution in [3.8, 4) is 11.4 Å². The summed E-state index contributed by atoms with van der Waals surface area (Å²) in [5.74, 6) is 0.694. The number of aromatic nitrogens is 4. The Balaban J connectivity index is 2.43. The van der Waals surface area contributed by atoms with Gasteiger partial charge in [-0.1, -0.05) is 29.3 Å². The van der Waals surface area contributed by atoms with Gasteiger partial charge in [-0.25, -0.2) is 4.68 Å². The van der Waals surface area contributed by atoms with E-state index in [9.17, 15) is 0 Å². The third kappa shape index (κ3) is 3.16. The van der Waals surface area contributed by atoms with Crippen molar-refractivity contribution in [1.82, 2.24) is 20.2 Å². The zero-order chi connectivity index (χ0) is 14.5. The first-order chi connectivity index (χ1) is 9.67. The van der Waals surface area contributed by atoms with Gasteiger partial charge in [0.05, 0.1) is 12.6 Å². The zero-order valence-electron chi connectivity index (χ0n) is 11.6. The number of tetrazole rings is 1. The fraction of sp³-hybridized carbons (Fsp3) is 0.462. The van der Waals surface area contributed by atoms with Crippen molar-refractivity contribution in [2.45, 2.75) is 25.8 Å². The van der Waals surface area contributed by atoms with Crippen LogP contribution in [0.2, 0.25) is 0 Å². The summed E-state index contributed by atoms with van der Waals surface area (Å²) in [4.78, 5) is 0. The Morgan fingerprint density at radius 3 is 2.95 bits per heavy atom. The van der Waals surface area contributed by atoms with E-state index in [-0.39, 0.29) is 6.04 Å². The lowest BCUT2D eigenvalue weighted by atomic mass is 10.1. The van der Waals surface area contributed by atoms with E-state index in [1.165, 1.54) is 0 Å². The van der Waals surface area contributed by atoms with Gasteiger partial charge >= 0.3 is 0 Å². The molecule has 1 atom stereocenters. The van der Waals surface area contributed by atoms with E-state index < -0.39 is 0 Å². The highest BCUT2D eigenvalue weighted by atomic mass is 79.9. The van der Waals surface area contributed by atoms with Crippen molar-refractivity contribution in [3.63, 3.8) is 0 Å². The first kappa shape index (κ1) is 14.9. The number of anilines is 1. The molecule has 0 aliphatic heterocycles. The van der Waals surface area contributed by atoms with Crippen molar-refractivity contribution in [2.75, 3.05) is 19.5 Å². The molecule has 0 bridgehead atoms. The number of nitrogens with zero attached hydrogens (tertiary/aromatic N) is 4. The highest BCUT2D eigenvalue weighted by molar-refractivity contribution is 9.10. The normalized spacial score (nSPS) is 12.6. The number of hydrogen-bond acceptors (Lipinski definition) is 5. The molecule has 7 heteroatoms. The maximum atomic E-state index is 5.85. The van der Waals surface area contributed by atoms with Crippen LogP contribution in [0, 0.1) is 0 Å². The molecule has 0 amide bonds. The van der Waals surface area contributed by atoms with Gasteiger partial charge in [0.2, 0.25) is 0 Å². The number of benzene rings is 1. The topological polar surface area (TPSA) is 78.8 Å². The smallest absolute Gasteiger partial charge is 0.183 e. The van der Waals surface area contributed by atoms with E-state index in [0.29, 0.717) is 18.1 Å². The van der Waals surface area contributed by atoms with Crippen LogP contribution in [0.5, 0.6) is 0 Å². The van der Waals surface area contributed by atoms with Crippen LogP contribution in [-0.2, 0) is 4.74 Å². The van der Waals surface area contributed by atoms with Gasteiger partial charge < -0.3 is 10.5 Å². The predicted molar refractivity (Wildman–Crippen MR) is 81.2 cm³/mol. The maximum absolute atomic E-state index is 5.85. The van der Waals surface area contributed by atoms with E-state index in [0.717, 1.165) is 22.9 Å². The van der Waals surface area contributed by atoms with Crippen molar-refractivity contribution in [1.29, 1.82) is 0 Å². The SMILES string of the molecule is CCCC(COC)n1nnnc1-c1cc(N)ccc1Br. The van der Waals surface area contributed by atoms with Crippen LogP contribution in [0.25, 0.3) is 11.4 Å². The first-order valence-corrected chi connectivity index (χ1v) is 7.28. The van der Waals surface area contributed by atoms with Crippen LogP contribution in [0.1, 0.15) is 25.8 Å². The molecule has 1 unspecified atom stereocenters. The Bertz CT molecular complexity index is 566. The molecule has 2 rings (SSSR count). The van der Waals surface area contributed by atoms with Gasteiger partial charge in [-0.15, -0.1) is 5.10 Å². The second-order valence-corrected chi connectivity index (χ2v) is 5.44. The third-order valence-electron chi connectivity index (χ3n) is 3.05. The van der Waals surface area contributed by atoms with Gasteiger partial charge in [0.15, 0.2) is 5.82 Å². The molecule has 0 spiro atoms. The van der Waals surface area contributed by atoms with Crippen molar-refractivity contribution in [3.05, 3.63) is 22.7 Å². The molecule has 1 aromatic heterocycles. The van der Waals surface area contributed by atoms with E-state index >= 15 is 0 Å². The van der Waals surface area contributed by atoms with Crippen LogP contribution in [-0.4, -0.2) is 33.9 Å². The third-order valence-corrected chi connectivity index (χ3v) is 3.74. The van der Waals surface area contributed by atoms with Crippen molar-refractivity contribution in [2.24, 2.45) is 0 Å². The number of nitrogens with two attached hydrogens (primary N) is 1. The van der Waals surface area contributed by atoms with Gasteiger partial charge in [-0.2, -0.15) is 0 Å². The Morgan fingerprint density at radius 2 is 2.25 bits per heavy atom. The maximum Gasteiger partial charge on any atom is 0.183 e. The number of methoxy groups -OCH3 is 1. The minimum absolute atomic E-state index is 0.114. The molecule has 6 nitrogen and oxygen atoms in total. The Kier molecular flexibility index (Phi) is 5.08. The minimum Gasteiger partial charge on any atom is -0.399 e. The molecule has 0 saturated carbocycles. The lowest BCUT2D eigenvalue weighted by molar-refractivity contribution is 0.144. The summed E-state index contributed by atoms with van der Waals surface area (Å²) in [5.41, 5.74) is 7.41. The molecular weight excluding hydrogens is 322 g/mol. The van der Waals surface area contributed by atoms with Crippen LogP contribution in [0.4, 0.5) is 5.69 Å². The van der Waals surface area contributed by atoms with Crippen LogP contribution >= 0.6 is 15.9 Å². The van der Waals surface area contributed by atoms with Gasteiger partial charge in [0.25, 0.3) is 0 Å². The highest BCUT2D eigenvalue weighted by Crippen LogP contribution is 2.30. The average molecular weight is 340 g/mol. The van der Waals surface area contributed by atoms with Crippen LogP contribution in [0.15, 0.2) is 22.7 Å². The van der Waals surface area contributed by atoms with Crippen LogP contribution < -0.4 is 5.73 Å². The summed E-state index contributed by atoms with van der Waals surface area (Å²) in [6, 6.07) is 5.71. The second kappa shape index (κ2) is 6.81. The molecule has 108 valence electrons. The fourth-order valence-corrected chi connectivity index (χ4v) is 2.56. The molecule has 0 aliphatic carbocycles. The molecular formula is C13H18BrN5O. The minimum atomic E-state index is 0.114. The highest BCUT2D eigenvalue weighted by Gasteiger charge is 2.19. The van der Waals surface area contributed by atoms with E-state index in [2.05, 4.69) is 38.4 Å².